The summed E-state index contributed by atoms with van der Waals surface area (Å²) in [6, 6.07) is 6.97. The molecular formula is C12H4Br3Cl3O. The summed E-state index contributed by atoms with van der Waals surface area (Å²) in [4.78, 5) is 0. The van der Waals surface area contributed by atoms with Gasteiger partial charge in [0, 0.05) is 5.02 Å². The maximum absolute atomic E-state index is 6.22. The Morgan fingerprint density at radius 3 is 1.89 bits per heavy atom. The molecule has 0 aromatic heterocycles. The Balaban J connectivity index is 2.48. The summed E-state index contributed by atoms with van der Waals surface area (Å²) in [7, 11) is 0. The van der Waals surface area contributed by atoms with Crippen LogP contribution in [-0.2, 0) is 0 Å². The van der Waals surface area contributed by atoms with Gasteiger partial charge in [0.15, 0.2) is 5.75 Å². The third kappa shape index (κ3) is 3.42. The van der Waals surface area contributed by atoms with Gasteiger partial charge in [0.25, 0.3) is 0 Å². The lowest BCUT2D eigenvalue weighted by molar-refractivity contribution is 0.479. The normalized spacial score (nSPS) is 10.6. The largest absolute Gasteiger partial charge is 0.455 e. The zero-order valence-corrected chi connectivity index (χ0v) is 16.0. The van der Waals surface area contributed by atoms with E-state index in [1.54, 1.807) is 24.3 Å². The van der Waals surface area contributed by atoms with Crippen LogP contribution in [0.1, 0.15) is 0 Å². The highest BCUT2D eigenvalue weighted by Gasteiger charge is 2.20. The van der Waals surface area contributed by atoms with E-state index in [1.165, 1.54) is 0 Å². The van der Waals surface area contributed by atoms with Crippen molar-refractivity contribution in [3.63, 3.8) is 0 Å². The molecule has 0 aliphatic carbocycles. The SMILES string of the molecule is Clc1ccc(Oc2c(Cl)c(Br)c(Cl)c(Br)c2Br)cc1. The molecule has 0 amide bonds. The lowest BCUT2D eigenvalue weighted by atomic mass is 10.3. The molecule has 1 nitrogen and oxygen atoms in total. The minimum Gasteiger partial charge on any atom is -0.455 e. The van der Waals surface area contributed by atoms with E-state index in [-0.39, 0.29) is 0 Å². The van der Waals surface area contributed by atoms with Crippen molar-refractivity contribution >= 4 is 82.6 Å². The molecule has 0 heterocycles. The van der Waals surface area contributed by atoms with Gasteiger partial charge in [-0.15, -0.1) is 0 Å². The topological polar surface area (TPSA) is 9.23 Å². The van der Waals surface area contributed by atoms with Crippen LogP contribution in [-0.4, -0.2) is 0 Å². The fourth-order valence-corrected chi connectivity index (χ4v) is 3.61. The van der Waals surface area contributed by atoms with Crippen molar-refractivity contribution in [3.8, 4) is 11.5 Å². The lowest BCUT2D eigenvalue weighted by Crippen LogP contribution is -1.90. The Morgan fingerprint density at radius 2 is 1.32 bits per heavy atom. The Morgan fingerprint density at radius 1 is 0.737 bits per heavy atom. The molecule has 2 rings (SSSR count). The average Bonchev–Trinajstić information content (AvgIpc) is 2.41. The van der Waals surface area contributed by atoms with Crippen LogP contribution in [0.5, 0.6) is 11.5 Å². The lowest BCUT2D eigenvalue weighted by Gasteiger charge is -2.14. The molecule has 0 saturated carbocycles. The monoisotopic (exact) mass is 506 g/mol. The van der Waals surface area contributed by atoms with E-state index in [1.807, 2.05) is 0 Å². The molecule has 0 spiro atoms. The molecule has 0 bridgehead atoms. The number of rotatable bonds is 2. The van der Waals surface area contributed by atoms with E-state index in [0.29, 0.717) is 40.0 Å². The minimum absolute atomic E-state index is 0.384. The highest BCUT2D eigenvalue weighted by molar-refractivity contribution is 9.13. The number of halogens is 6. The van der Waals surface area contributed by atoms with Crippen molar-refractivity contribution in [2.75, 3.05) is 0 Å². The van der Waals surface area contributed by atoms with Gasteiger partial charge in [0.05, 0.1) is 18.4 Å². The van der Waals surface area contributed by atoms with Crippen molar-refractivity contribution < 1.29 is 4.74 Å². The van der Waals surface area contributed by atoms with E-state index in [0.717, 1.165) is 0 Å². The number of benzene rings is 2. The Kier molecular flexibility index (Phi) is 5.49. The quantitative estimate of drug-likeness (QED) is 0.297. The van der Waals surface area contributed by atoms with E-state index < -0.39 is 0 Å². The first-order valence-electron chi connectivity index (χ1n) is 4.86. The maximum Gasteiger partial charge on any atom is 0.162 e. The molecule has 0 unspecified atom stereocenters. The molecule has 0 radical (unpaired) electrons. The van der Waals surface area contributed by atoms with E-state index in [2.05, 4.69) is 47.8 Å². The molecule has 0 fully saturated rings. The van der Waals surface area contributed by atoms with Crippen molar-refractivity contribution in [1.29, 1.82) is 0 Å². The molecule has 19 heavy (non-hydrogen) atoms. The summed E-state index contributed by atoms with van der Waals surface area (Å²) < 4.78 is 7.62. The van der Waals surface area contributed by atoms with Crippen molar-refractivity contribution in [1.82, 2.24) is 0 Å². The molecule has 2 aromatic carbocycles. The first kappa shape index (κ1) is 15.9. The summed E-state index contributed by atoms with van der Waals surface area (Å²) in [6.07, 6.45) is 0. The summed E-state index contributed by atoms with van der Waals surface area (Å²) in [6.45, 7) is 0. The third-order valence-corrected chi connectivity index (χ3v) is 6.75. The van der Waals surface area contributed by atoms with Crippen LogP contribution >= 0.6 is 82.6 Å². The second-order valence-corrected chi connectivity index (χ2v) is 7.03. The van der Waals surface area contributed by atoms with Crippen LogP contribution in [0.15, 0.2) is 37.7 Å². The molecule has 0 N–H and O–H groups in total. The van der Waals surface area contributed by atoms with Gasteiger partial charge in [0.2, 0.25) is 0 Å². The molecule has 0 atom stereocenters. The molecule has 0 aliphatic heterocycles. The molecular weight excluding hydrogens is 506 g/mol. The predicted octanol–water partition coefficient (Wildman–Crippen LogP) is 7.73. The zero-order chi connectivity index (χ0) is 14.2. The molecule has 0 aliphatic rings. The maximum atomic E-state index is 6.22. The molecule has 0 saturated heterocycles. The van der Waals surface area contributed by atoms with Crippen LogP contribution in [0.2, 0.25) is 15.1 Å². The number of ether oxygens (including phenoxy) is 1. The van der Waals surface area contributed by atoms with Crippen LogP contribution in [0.3, 0.4) is 0 Å². The van der Waals surface area contributed by atoms with Crippen molar-refractivity contribution in [2.45, 2.75) is 0 Å². The van der Waals surface area contributed by atoms with Crippen molar-refractivity contribution in [3.05, 3.63) is 52.8 Å². The highest BCUT2D eigenvalue weighted by Crippen LogP contribution is 2.49. The minimum atomic E-state index is 0.384. The molecule has 100 valence electrons. The summed E-state index contributed by atoms with van der Waals surface area (Å²) >= 11 is 28.2. The first-order chi connectivity index (χ1) is 8.91. The van der Waals surface area contributed by atoms with Crippen LogP contribution in [0, 0.1) is 0 Å². The highest BCUT2D eigenvalue weighted by atomic mass is 79.9. The van der Waals surface area contributed by atoms with Gasteiger partial charge in [-0.3, -0.25) is 0 Å². The van der Waals surface area contributed by atoms with Gasteiger partial charge in [-0.2, -0.15) is 0 Å². The van der Waals surface area contributed by atoms with Crippen LogP contribution < -0.4 is 4.74 Å². The Labute approximate surface area is 150 Å². The van der Waals surface area contributed by atoms with Gasteiger partial charge in [-0.1, -0.05) is 34.8 Å². The van der Waals surface area contributed by atoms with Crippen LogP contribution in [0.25, 0.3) is 0 Å². The van der Waals surface area contributed by atoms with Crippen molar-refractivity contribution in [2.24, 2.45) is 0 Å². The predicted molar refractivity (Wildman–Crippen MR) is 91.1 cm³/mol. The Bertz CT molecular complexity index is 600. The smallest absolute Gasteiger partial charge is 0.162 e. The van der Waals surface area contributed by atoms with E-state index in [9.17, 15) is 0 Å². The Hall–Kier alpha value is 0.550. The van der Waals surface area contributed by atoms with Gasteiger partial charge >= 0.3 is 0 Å². The standard InChI is InChI=1S/C12H4Br3Cl3O/c13-7-8(14)12(11(18)9(15)10(7)17)19-6-3-1-5(16)2-4-6/h1-4H. The van der Waals surface area contributed by atoms with Gasteiger partial charge in [0.1, 0.15) is 10.8 Å². The second-order valence-electron chi connectivity index (χ2n) is 3.46. The van der Waals surface area contributed by atoms with Gasteiger partial charge in [-0.05, 0) is 72.1 Å². The summed E-state index contributed by atoms with van der Waals surface area (Å²) in [5, 5.41) is 1.49. The summed E-state index contributed by atoms with van der Waals surface area (Å²) in [5.41, 5.74) is 0. The number of hydrogen-bond donors (Lipinski definition) is 0. The van der Waals surface area contributed by atoms with E-state index in [4.69, 9.17) is 39.5 Å². The number of hydrogen-bond acceptors (Lipinski definition) is 1. The third-order valence-electron chi connectivity index (χ3n) is 2.20. The first-order valence-corrected chi connectivity index (χ1v) is 8.38. The average molecular weight is 510 g/mol. The fourth-order valence-electron chi connectivity index (χ4n) is 1.29. The summed E-state index contributed by atoms with van der Waals surface area (Å²) in [5.74, 6) is 1.08. The zero-order valence-electron chi connectivity index (χ0n) is 8.99. The second kappa shape index (κ2) is 6.54. The van der Waals surface area contributed by atoms with Crippen LogP contribution in [0.4, 0.5) is 0 Å². The fraction of sp³-hybridized carbons (Fsp3) is 0. The van der Waals surface area contributed by atoms with Gasteiger partial charge in [-0.25, -0.2) is 0 Å². The molecule has 7 heteroatoms. The van der Waals surface area contributed by atoms with E-state index >= 15 is 0 Å². The molecule has 2 aromatic rings. The van der Waals surface area contributed by atoms with Gasteiger partial charge < -0.3 is 4.74 Å².